The molecule has 0 aliphatic rings. The Labute approximate surface area is 75.5 Å². The topological polar surface area (TPSA) is 124 Å². The second-order valence-corrected chi connectivity index (χ2v) is 3.83. The fourth-order valence-electron chi connectivity index (χ4n) is 0.435. The molecule has 13 heavy (non-hydrogen) atoms. The van der Waals surface area contributed by atoms with E-state index in [1.165, 1.54) is 0 Å². The molecule has 0 rings (SSSR count). The van der Waals surface area contributed by atoms with Gasteiger partial charge in [0.05, 0.1) is 13.2 Å². The van der Waals surface area contributed by atoms with Crippen LogP contribution in [0, 0.1) is 0 Å². The molecule has 0 aromatic heterocycles. The van der Waals surface area contributed by atoms with E-state index in [-0.39, 0.29) is 0 Å². The number of hydrogen-bond acceptors (Lipinski definition) is 6. The Kier molecular flexibility index (Phi) is 4.23. The van der Waals surface area contributed by atoms with Gasteiger partial charge in [0.25, 0.3) is 0 Å². The summed E-state index contributed by atoms with van der Waals surface area (Å²) in [5.74, 6) is 0. The van der Waals surface area contributed by atoms with E-state index in [1.807, 2.05) is 0 Å². The first-order valence-electron chi connectivity index (χ1n) is 3.32. The van der Waals surface area contributed by atoms with Gasteiger partial charge in [0.2, 0.25) is 0 Å². The van der Waals surface area contributed by atoms with Gasteiger partial charge < -0.3 is 15.3 Å². The summed E-state index contributed by atoms with van der Waals surface area (Å²) in [4.78, 5) is 0. The van der Waals surface area contributed by atoms with Crippen LogP contribution in [-0.2, 0) is 14.6 Å². The van der Waals surface area contributed by atoms with Crippen molar-refractivity contribution in [2.45, 2.75) is 18.6 Å². The van der Waals surface area contributed by atoms with Crippen molar-refractivity contribution in [2.75, 3.05) is 13.2 Å². The second-order valence-electron chi connectivity index (χ2n) is 2.74. The zero-order valence-electron chi connectivity index (χ0n) is 6.91. The van der Waals surface area contributed by atoms with Crippen LogP contribution in [0.25, 0.3) is 0 Å². The minimum absolute atomic E-state index is 0.761. The van der Waals surface area contributed by atoms with Crippen molar-refractivity contribution in [3.63, 3.8) is 0 Å². The third kappa shape index (κ3) is 5.13. The van der Waals surface area contributed by atoms with Crippen molar-refractivity contribution >= 4 is 10.4 Å². The molecule has 0 radical (unpaired) electrons. The monoisotopic (exact) mass is 216 g/mol. The minimum Gasteiger partial charge on any atom is -0.393 e. The van der Waals surface area contributed by atoms with Crippen LogP contribution in [0.1, 0.15) is 6.92 Å². The Bertz CT molecular complexity index is 244. The summed E-state index contributed by atoms with van der Waals surface area (Å²) in [5.41, 5.74) is -1.87. The highest BCUT2D eigenvalue weighted by Gasteiger charge is 2.30. The highest BCUT2D eigenvalue weighted by atomic mass is 32.3. The van der Waals surface area contributed by atoms with Gasteiger partial charge in [0.1, 0.15) is 11.7 Å². The standard InChI is InChI=1S/C5H12O7S/c1-5(8,3-6)4(7)2-12-13(9,10)11/h4,6-8H,2-3H2,1H3,(H,9,10,11). The average molecular weight is 216 g/mol. The van der Waals surface area contributed by atoms with Crippen molar-refractivity contribution in [2.24, 2.45) is 0 Å². The molecule has 0 aromatic rings. The maximum absolute atomic E-state index is 10.0. The maximum Gasteiger partial charge on any atom is 0.397 e. The molecule has 0 bridgehead atoms. The third-order valence-corrected chi connectivity index (χ3v) is 1.85. The lowest BCUT2D eigenvalue weighted by molar-refractivity contribution is -0.105. The molecule has 0 fully saturated rings. The Morgan fingerprint density at radius 3 is 2.31 bits per heavy atom. The van der Waals surface area contributed by atoms with Crippen LogP contribution < -0.4 is 0 Å². The lowest BCUT2D eigenvalue weighted by atomic mass is 10.0. The lowest BCUT2D eigenvalue weighted by Crippen LogP contribution is -2.45. The van der Waals surface area contributed by atoms with Gasteiger partial charge in [-0.2, -0.15) is 8.42 Å². The van der Waals surface area contributed by atoms with Crippen LogP contribution in [0.15, 0.2) is 0 Å². The summed E-state index contributed by atoms with van der Waals surface area (Å²) in [6.45, 7) is -0.500. The van der Waals surface area contributed by atoms with Gasteiger partial charge in [-0.15, -0.1) is 0 Å². The van der Waals surface area contributed by atoms with Gasteiger partial charge in [0, 0.05) is 0 Å². The number of aliphatic hydroxyl groups excluding tert-OH is 2. The highest BCUT2D eigenvalue weighted by Crippen LogP contribution is 2.09. The van der Waals surface area contributed by atoms with Gasteiger partial charge >= 0.3 is 10.4 Å². The smallest absolute Gasteiger partial charge is 0.393 e. The molecule has 0 aliphatic carbocycles. The molecule has 2 atom stereocenters. The molecule has 4 N–H and O–H groups in total. The van der Waals surface area contributed by atoms with Gasteiger partial charge in [-0.1, -0.05) is 0 Å². The summed E-state index contributed by atoms with van der Waals surface area (Å²) in [5, 5.41) is 26.7. The zero-order chi connectivity index (χ0) is 10.7. The zero-order valence-corrected chi connectivity index (χ0v) is 7.73. The molecule has 0 heterocycles. The highest BCUT2D eigenvalue weighted by molar-refractivity contribution is 7.80. The summed E-state index contributed by atoms with van der Waals surface area (Å²) < 4.78 is 31.9. The summed E-state index contributed by atoms with van der Waals surface area (Å²) >= 11 is 0. The molecule has 0 spiro atoms. The largest absolute Gasteiger partial charge is 0.397 e. The van der Waals surface area contributed by atoms with Crippen molar-refractivity contribution in [3.8, 4) is 0 Å². The van der Waals surface area contributed by atoms with Gasteiger partial charge in [0.15, 0.2) is 0 Å². The number of aliphatic hydroxyl groups is 3. The van der Waals surface area contributed by atoms with Crippen LogP contribution >= 0.6 is 0 Å². The first-order chi connectivity index (χ1) is 5.69. The molecule has 2 unspecified atom stereocenters. The quantitative estimate of drug-likeness (QED) is 0.388. The van der Waals surface area contributed by atoms with Gasteiger partial charge in [-0.25, -0.2) is 4.18 Å². The normalized spacial score (nSPS) is 19.5. The third-order valence-electron chi connectivity index (χ3n) is 1.41. The van der Waals surface area contributed by atoms with Crippen molar-refractivity contribution in [3.05, 3.63) is 0 Å². The van der Waals surface area contributed by atoms with Gasteiger partial charge in [-0.05, 0) is 6.92 Å². The van der Waals surface area contributed by atoms with Crippen molar-refractivity contribution < 1.29 is 32.5 Å². The number of hydrogen-bond donors (Lipinski definition) is 4. The Hall–Kier alpha value is -0.250. The summed E-state index contributed by atoms with van der Waals surface area (Å²) in [6, 6.07) is 0. The first kappa shape index (κ1) is 12.8. The van der Waals surface area contributed by atoms with E-state index in [4.69, 9.17) is 19.9 Å². The summed E-state index contributed by atoms with van der Waals surface area (Å²) in [7, 11) is -4.64. The lowest BCUT2D eigenvalue weighted by Gasteiger charge is -2.25. The predicted octanol–water partition coefficient (Wildman–Crippen LogP) is -2.09. The fourth-order valence-corrected chi connectivity index (χ4v) is 0.736. The molecule has 0 saturated carbocycles. The first-order valence-corrected chi connectivity index (χ1v) is 4.68. The van der Waals surface area contributed by atoms with Crippen LogP contribution in [0.5, 0.6) is 0 Å². The van der Waals surface area contributed by atoms with Crippen molar-refractivity contribution in [1.29, 1.82) is 0 Å². The molecule has 7 nitrogen and oxygen atoms in total. The molecular formula is C5H12O7S. The second kappa shape index (κ2) is 4.31. The molecule has 0 aliphatic heterocycles. The SMILES string of the molecule is CC(O)(CO)C(O)COS(=O)(=O)O. The molecule has 80 valence electrons. The number of rotatable bonds is 5. The molecular weight excluding hydrogens is 204 g/mol. The predicted molar refractivity (Wildman–Crippen MR) is 41.2 cm³/mol. The van der Waals surface area contributed by atoms with E-state index in [9.17, 15) is 8.42 Å². The Morgan fingerprint density at radius 1 is 1.54 bits per heavy atom. The van der Waals surface area contributed by atoms with Gasteiger partial charge in [-0.3, -0.25) is 4.55 Å². The Balaban J connectivity index is 4.10. The van der Waals surface area contributed by atoms with E-state index in [0.717, 1.165) is 6.92 Å². The van der Waals surface area contributed by atoms with E-state index < -0.39 is 35.3 Å². The van der Waals surface area contributed by atoms with E-state index in [2.05, 4.69) is 4.18 Å². The molecule has 0 aromatic carbocycles. The van der Waals surface area contributed by atoms with E-state index >= 15 is 0 Å². The fraction of sp³-hybridized carbons (Fsp3) is 1.00. The van der Waals surface area contributed by atoms with Crippen LogP contribution in [0.2, 0.25) is 0 Å². The average Bonchev–Trinajstić information content (AvgIpc) is 1.98. The molecule has 0 saturated heterocycles. The maximum atomic E-state index is 10.0. The minimum atomic E-state index is -4.64. The van der Waals surface area contributed by atoms with Crippen LogP contribution in [-0.4, -0.2) is 53.2 Å². The van der Waals surface area contributed by atoms with E-state index in [1.54, 1.807) is 0 Å². The summed E-state index contributed by atoms with van der Waals surface area (Å²) in [6.07, 6.45) is -1.61. The Morgan fingerprint density at radius 2 is 2.00 bits per heavy atom. The van der Waals surface area contributed by atoms with Crippen molar-refractivity contribution in [1.82, 2.24) is 0 Å². The van der Waals surface area contributed by atoms with Crippen LogP contribution in [0.4, 0.5) is 0 Å². The van der Waals surface area contributed by atoms with Crippen LogP contribution in [0.3, 0.4) is 0 Å². The molecule has 0 amide bonds. The molecule has 8 heteroatoms. The van der Waals surface area contributed by atoms with E-state index in [0.29, 0.717) is 0 Å².